The molecule has 11 heteroatoms. The molecule has 1 aliphatic rings. The minimum absolute atomic E-state index is 0.0233. The maximum absolute atomic E-state index is 15.7. The molecule has 3 aromatic carbocycles. The van der Waals surface area contributed by atoms with Gasteiger partial charge in [-0.3, -0.25) is 9.08 Å². The van der Waals surface area contributed by atoms with Gasteiger partial charge in [0.1, 0.15) is 30.6 Å². The molecular weight excluding hydrogens is 560 g/mol. The van der Waals surface area contributed by atoms with Gasteiger partial charge >= 0.3 is 0 Å². The van der Waals surface area contributed by atoms with Gasteiger partial charge in [0.25, 0.3) is 16.0 Å². The number of aromatic amines is 1. The Hall–Kier alpha value is -3.41. The maximum atomic E-state index is 15.7. The fourth-order valence-electron chi connectivity index (χ4n) is 5.37. The number of hydrogen-bond donors (Lipinski definition) is 1. The second kappa shape index (κ2) is 11.1. The molecule has 41 heavy (non-hydrogen) atoms. The molecule has 2 heterocycles. The van der Waals surface area contributed by atoms with E-state index < -0.39 is 46.3 Å². The number of nitrogens with zero attached hydrogens (tertiary/aromatic N) is 1. The number of rotatable bonds is 9. The lowest BCUT2D eigenvalue weighted by atomic mass is 9.87. The number of benzene rings is 3. The highest BCUT2D eigenvalue weighted by molar-refractivity contribution is 7.86. The second-order valence-electron chi connectivity index (χ2n) is 10.5. The van der Waals surface area contributed by atoms with Crippen LogP contribution in [0.2, 0.25) is 0 Å². The lowest BCUT2D eigenvalue weighted by Crippen LogP contribution is -2.47. The van der Waals surface area contributed by atoms with Crippen molar-refractivity contribution in [2.24, 2.45) is 0 Å². The van der Waals surface area contributed by atoms with E-state index in [4.69, 9.17) is 8.92 Å². The summed E-state index contributed by atoms with van der Waals surface area (Å²) in [7, 11) is -4.03. The number of para-hydroxylation sites is 1. The molecule has 1 N–H and O–H groups in total. The summed E-state index contributed by atoms with van der Waals surface area (Å²) in [5.74, 6) is -5.24. The Labute approximate surface area is 236 Å². The first kappa shape index (κ1) is 29.1. The predicted octanol–water partition coefficient (Wildman–Crippen LogP) is 6.53. The number of ether oxygens (including phenoxy) is 1. The molecule has 2 atom stereocenters. The van der Waals surface area contributed by atoms with E-state index in [1.165, 1.54) is 17.0 Å². The molecular formula is C30H30F4N2O4S. The Morgan fingerprint density at radius 2 is 1.68 bits per heavy atom. The number of hydrogen-bond acceptors (Lipinski definition) is 5. The zero-order valence-corrected chi connectivity index (χ0v) is 23.6. The number of nitrogens with one attached hydrogen (secondary N) is 1. The van der Waals surface area contributed by atoms with Crippen molar-refractivity contribution in [2.75, 3.05) is 19.8 Å². The molecule has 0 bridgehead atoms. The quantitative estimate of drug-likeness (QED) is 0.136. The molecule has 0 amide bonds. The summed E-state index contributed by atoms with van der Waals surface area (Å²) in [6.45, 7) is 2.98. The van der Waals surface area contributed by atoms with E-state index in [2.05, 4.69) is 4.98 Å². The molecule has 0 saturated heterocycles. The van der Waals surface area contributed by atoms with Gasteiger partial charge in [0.15, 0.2) is 0 Å². The van der Waals surface area contributed by atoms with Crippen molar-refractivity contribution in [3.05, 3.63) is 94.7 Å². The van der Waals surface area contributed by atoms with Gasteiger partial charge in [0, 0.05) is 47.3 Å². The van der Waals surface area contributed by atoms with Crippen LogP contribution < -0.4 is 4.74 Å². The number of aromatic nitrogens is 1. The highest BCUT2D eigenvalue weighted by atomic mass is 32.2. The molecule has 5 rings (SSSR count). The molecule has 0 saturated carbocycles. The van der Waals surface area contributed by atoms with Crippen LogP contribution in [-0.2, 0) is 20.7 Å². The van der Waals surface area contributed by atoms with Crippen LogP contribution in [0.5, 0.6) is 5.75 Å². The molecule has 6 nitrogen and oxygen atoms in total. The van der Waals surface area contributed by atoms with Crippen molar-refractivity contribution in [2.45, 2.75) is 50.1 Å². The van der Waals surface area contributed by atoms with Crippen LogP contribution in [0.4, 0.5) is 17.6 Å². The minimum Gasteiger partial charge on any atom is -0.491 e. The van der Waals surface area contributed by atoms with Gasteiger partial charge in [0.05, 0.1) is 17.5 Å². The summed E-state index contributed by atoms with van der Waals surface area (Å²) in [6, 6.07) is 13.9. The molecule has 0 radical (unpaired) electrons. The van der Waals surface area contributed by atoms with Crippen molar-refractivity contribution >= 4 is 21.0 Å². The molecule has 4 aromatic rings. The molecule has 218 valence electrons. The van der Waals surface area contributed by atoms with Crippen LogP contribution in [0.15, 0.2) is 65.6 Å². The number of fused-ring (bicyclic) bond motifs is 3. The molecule has 1 aliphatic heterocycles. The second-order valence-corrected chi connectivity index (χ2v) is 12.1. The highest BCUT2D eigenvalue weighted by Crippen LogP contribution is 2.43. The average molecular weight is 591 g/mol. The highest BCUT2D eigenvalue weighted by Gasteiger charge is 2.42. The monoisotopic (exact) mass is 590 g/mol. The Morgan fingerprint density at radius 3 is 2.34 bits per heavy atom. The van der Waals surface area contributed by atoms with E-state index in [9.17, 15) is 17.2 Å². The fraction of sp³-hybridized carbons (Fsp3) is 0.333. The van der Waals surface area contributed by atoms with Crippen LogP contribution >= 0.6 is 0 Å². The first-order valence-corrected chi connectivity index (χ1v) is 14.6. The standard InChI is InChI=1S/C30H30F4N2O4S/c1-18-8-10-21(11-9-18)41(37,38)40-13-12-39-20-15-24(31)27(25(32)16-20)29-28-23(22-6-4-5-7-26(22)35-28)14-19(2)36(29)17-30(3,33)34/h4-11,15-16,19,29,35H,12-14,17H2,1-3H3/t19-,29-/m1/s1. The van der Waals surface area contributed by atoms with E-state index in [1.807, 2.05) is 31.2 Å². The van der Waals surface area contributed by atoms with Gasteiger partial charge in [-0.15, -0.1) is 0 Å². The SMILES string of the molecule is Cc1ccc(S(=O)(=O)OCCOc2cc(F)c([C@@H]3c4[nH]c5ccccc5c4C[C@@H](C)N3CC(C)(F)F)c(F)c2)cc1. The molecule has 0 unspecified atom stereocenters. The van der Waals surface area contributed by atoms with Crippen molar-refractivity contribution in [1.82, 2.24) is 9.88 Å². The molecule has 0 aliphatic carbocycles. The number of aryl methyl sites for hydroxylation is 1. The maximum Gasteiger partial charge on any atom is 0.297 e. The summed E-state index contributed by atoms with van der Waals surface area (Å²) in [5, 5.41) is 0.878. The summed E-state index contributed by atoms with van der Waals surface area (Å²) in [5.41, 5.74) is 2.56. The largest absolute Gasteiger partial charge is 0.491 e. The van der Waals surface area contributed by atoms with Crippen molar-refractivity contribution in [3.63, 3.8) is 0 Å². The van der Waals surface area contributed by atoms with Crippen LogP contribution in [0, 0.1) is 18.6 Å². The summed E-state index contributed by atoms with van der Waals surface area (Å²) < 4.78 is 94.9. The van der Waals surface area contributed by atoms with Gasteiger partial charge in [-0.05, 0) is 44.0 Å². The van der Waals surface area contributed by atoms with Gasteiger partial charge in [-0.1, -0.05) is 35.9 Å². The average Bonchev–Trinajstić information content (AvgIpc) is 3.25. The smallest absolute Gasteiger partial charge is 0.297 e. The van der Waals surface area contributed by atoms with Gasteiger partial charge < -0.3 is 9.72 Å². The van der Waals surface area contributed by atoms with Crippen molar-refractivity contribution in [3.8, 4) is 5.75 Å². The van der Waals surface area contributed by atoms with Crippen LogP contribution in [-0.4, -0.2) is 50.0 Å². The van der Waals surface area contributed by atoms with E-state index in [1.54, 1.807) is 19.1 Å². The summed E-state index contributed by atoms with van der Waals surface area (Å²) in [6.07, 6.45) is 0.432. The van der Waals surface area contributed by atoms with Crippen molar-refractivity contribution in [1.29, 1.82) is 0 Å². The fourth-order valence-corrected chi connectivity index (χ4v) is 6.26. The van der Waals surface area contributed by atoms with E-state index >= 15 is 8.78 Å². The first-order chi connectivity index (χ1) is 19.3. The molecule has 1 aromatic heterocycles. The van der Waals surface area contributed by atoms with Crippen LogP contribution in [0.1, 0.15) is 42.3 Å². The Balaban J connectivity index is 1.40. The summed E-state index contributed by atoms with van der Waals surface area (Å²) in [4.78, 5) is 4.61. The van der Waals surface area contributed by atoms with E-state index in [0.717, 1.165) is 41.1 Å². The lowest BCUT2D eigenvalue weighted by molar-refractivity contribution is -0.0374. The third-order valence-electron chi connectivity index (χ3n) is 7.20. The first-order valence-electron chi connectivity index (χ1n) is 13.1. The number of H-pyrrole nitrogens is 1. The van der Waals surface area contributed by atoms with E-state index in [-0.39, 0.29) is 29.4 Å². The topological polar surface area (TPSA) is 71.6 Å². The number of halogens is 4. The Bertz CT molecular complexity index is 1640. The lowest BCUT2D eigenvalue weighted by Gasteiger charge is -2.42. The zero-order valence-electron chi connectivity index (χ0n) is 22.8. The number of alkyl halides is 2. The van der Waals surface area contributed by atoms with Gasteiger partial charge in [-0.25, -0.2) is 17.6 Å². The summed E-state index contributed by atoms with van der Waals surface area (Å²) >= 11 is 0. The molecule has 0 spiro atoms. The third-order valence-corrected chi connectivity index (χ3v) is 8.53. The Kier molecular flexibility index (Phi) is 7.88. The van der Waals surface area contributed by atoms with Crippen molar-refractivity contribution < 1.29 is 34.9 Å². The van der Waals surface area contributed by atoms with Crippen LogP contribution in [0.3, 0.4) is 0 Å². The van der Waals surface area contributed by atoms with Gasteiger partial charge in [-0.2, -0.15) is 8.42 Å². The normalized spacial score (nSPS) is 18.0. The minimum atomic E-state index is -4.03. The predicted molar refractivity (Wildman–Crippen MR) is 147 cm³/mol. The molecule has 0 fully saturated rings. The van der Waals surface area contributed by atoms with E-state index in [0.29, 0.717) is 12.1 Å². The zero-order chi connectivity index (χ0) is 29.5. The Morgan fingerprint density at radius 1 is 1.02 bits per heavy atom. The third kappa shape index (κ3) is 6.12. The van der Waals surface area contributed by atoms with Gasteiger partial charge in [0.2, 0.25) is 0 Å². The van der Waals surface area contributed by atoms with Crippen LogP contribution in [0.25, 0.3) is 10.9 Å².